The van der Waals surface area contributed by atoms with E-state index >= 15 is 0 Å². The second-order valence-corrected chi connectivity index (χ2v) is 6.20. The Morgan fingerprint density at radius 1 is 1.32 bits per heavy atom. The van der Waals surface area contributed by atoms with E-state index in [1.807, 2.05) is 11.7 Å². The minimum atomic E-state index is 0.316. The van der Waals surface area contributed by atoms with Gasteiger partial charge in [0.2, 0.25) is 0 Å². The highest BCUT2D eigenvalue weighted by atomic mass is 15.3. The lowest BCUT2D eigenvalue weighted by Crippen LogP contribution is -2.44. The predicted octanol–water partition coefficient (Wildman–Crippen LogP) is 1.65. The molecule has 2 rings (SSSR count). The van der Waals surface area contributed by atoms with Gasteiger partial charge in [-0.1, -0.05) is 13.8 Å². The molecule has 1 unspecified atom stereocenters. The Kier molecular flexibility index (Phi) is 4.93. The first kappa shape index (κ1) is 14.5. The Morgan fingerprint density at radius 3 is 2.42 bits per heavy atom. The first-order valence-electron chi connectivity index (χ1n) is 7.40. The van der Waals surface area contributed by atoms with Gasteiger partial charge in [-0.2, -0.15) is 5.10 Å². The molecule has 0 aliphatic heterocycles. The lowest BCUT2D eigenvalue weighted by Gasteiger charge is -2.35. The maximum absolute atomic E-state index is 5.76. The van der Waals surface area contributed by atoms with Crippen LogP contribution in [0.15, 0.2) is 6.33 Å². The van der Waals surface area contributed by atoms with Crippen LogP contribution in [-0.2, 0) is 13.5 Å². The van der Waals surface area contributed by atoms with Crippen molar-refractivity contribution >= 4 is 0 Å². The molecule has 1 fully saturated rings. The van der Waals surface area contributed by atoms with Gasteiger partial charge in [0.05, 0.1) is 0 Å². The smallest absolute Gasteiger partial charge is 0.138 e. The molecular weight excluding hydrogens is 238 g/mol. The van der Waals surface area contributed by atoms with Gasteiger partial charge in [0.1, 0.15) is 12.2 Å². The molecule has 1 aliphatic carbocycles. The van der Waals surface area contributed by atoms with Gasteiger partial charge >= 0.3 is 0 Å². The molecule has 0 aromatic carbocycles. The van der Waals surface area contributed by atoms with Gasteiger partial charge in [0.15, 0.2) is 0 Å². The van der Waals surface area contributed by atoms with E-state index in [9.17, 15) is 0 Å². The predicted molar refractivity (Wildman–Crippen MR) is 76.1 cm³/mol. The summed E-state index contributed by atoms with van der Waals surface area (Å²) < 4.78 is 1.84. The van der Waals surface area contributed by atoms with Gasteiger partial charge < -0.3 is 0 Å². The number of hydrogen-bond donors (Lipinski definition) is 2. The normalized spacial score (nSPS) is 25.7. The van der Waals surface area contributed by atoms with Gasteiger partial charge in [0, 0.05) is 19.5 Å². The highest BCUT2D eigenvalue weighted by Crippen LogP contribution is 2.35. The lowest BCUT2D eigenvalue weighted by atomic mass is 9.74. The van der Waals surface area contributed by atoms with Crippen molar-refractivity contribution in [2.45, 2.75) is 52.0 Å². The summed E-state index contributed by atoms with van der Waals surface area (Å²) in [5.41, 5.74) is 3.00. The summed E-state index contributed by atoms with van der Waals surface area (Å²) in [7, 11) is 1.94. The number of aryl methyl sites for hydroxylation is 1. The summed E-state index contributed by atoms with van der Waals surface area (Å²) in [5, 5.41) is 4.12. The van der Waals surface area contributed by atoms with Gasteiger partial charge in [-0.05, 0) is 43.4 Å². The van der Waals surface area contributed by atoms with Crippen LogP contribution in [0.5, 0.6) is 0 Å². The summed E-state index contributed by atoms with van der Waals surface area (Å²) in [5.74, 6) is 9.13. The Bertz CT molecular complexity index is 379. The molecule has 0 saturated heterocycles. The molecular formula is C14H27N5. The van der Waals surface area contributed by atoms with Crippen LogP contribution in [-0.4, -0.2) is 20.8 Å². The largest absolute Gasteiger partial charge is 0.271 e. The van der Waals surface area contributed by atoms with E-state index in [4.69, 9.17) is 5.84 Å². The molecule has 19 heavy (non-hydrogen) atoms. The average molecular weight is 265 g/mol. The van der Waals surface area contributed by atoms with Crippen molar-refractivity contribution in [1.29, 1.82) is 0 Å². The molecule has 1 aromatic rings. The van der Waals surface area contributed by atoms with E-state index in [0.29, 0.717) is 12.0 Å². The third-order valence-electron chi connectivity index (χ3n) is 4.75. The number of nitrogens with two attached hydrogens (primary N) is 1. The number of hydrazine groups is 1. The lowest BCUT2D eigenvalue weighted by molar-refractivity contribution is 0.186. The van der Waals surface area contributed by atoms with E-state index in [-0.39, 0.29) is 0 Å². The van der Waals surface area contributed by atoms with Crippen LogP contribution in [0.1, 0.15) is 45.4 Å². The topological polar surface area (TPSA) is 68.8 Å². The summed E-state index contributed by atoms with van der Waals surface area (Å²) in [6.45, 7) is 4.67. The second kappa shape index (κ2) is 6.48. The van der Waals surface area contributed by atoms with E-state index in [1.54, 1.807) is 6.33 Å². The molecule has 0 spiro atoms. The van der Waals surface area contributed by atoms with E-state index in [1.165, 1.54) is 25.7 Å². The van der Waals surface area contributed by atoms with Crippen molar-refractivity contribution in [3.63, 3.8) is 0 Å². The minimum Gasteiger partial charge on any atom is -0.271 e. The van der Waals surface area contributed by atoms with Crippen LogP contribution in [0.4, 0.5) is 0 Å². The van der Waals surface area contributed by atoms with E-state index in [2.05, 4.69) is 29.4 Å². The molecule has 1 heterocycles. The van der Waals surface area contributed by atoms with Crippen LogP contribution in [0.25, 0.3) is 0 Å². The van der Waals surface area contributed by atoms with Crippen molar-refractivity contribution in [3.05, 3.63) is 12.2 Å². The van der Waals surface area contributed by atoms with Crippen molar-refractivity contribution < 1.29 is 0 Å². The summed E-state index contributed by atoms with van der Waals surface area (Å²) in [6, 6.07) is 0.316. The number of rotatable bonds is 5. The van der Waals surface area contributed by atoms with Crippen LogP contribution in [0.3, 0.4) is 0 Å². The zero-order chi connectivity index (χ0) is 13.8. The van der Waals surface area contributed by atoms with E-state index in [0.717, 1.165) is 24.1 Å². The van der Waals surface area contributed by atoms with Crippen LogP contribution in [0.2, 0.25) is 0 Å². The SMILES string of the molecule is CC(C)C1CCC(C(Cc2ncnn2C)NN)CC1. The number of aromatic nitrogens is 3. The zero-order valence-corrected chi connectivity index (χ0v) is 12.3. The van der Waals surface area contributed by atoms with Crippen molar-refractivity contribution in [3.8, 4) is 0 Å². The van der Waals surface area contributed by atoms with Gasteiger partial charge in [-0.15, -0.1) is 0 Å². The van der Waals surface area contributed by atoms with Crippen molar-refractivity contribution in [2.24, 2.45) is 30.6 Å². The summed E-state index contributed by atoms with van der Waals surface area (Å²) >= 11 is 0. The first-order chi connectivity index (χ1) is 9.11. The molecule has 0 bridgehead atoms. The molecule has 5 nitrogen and oxygen atoms in total. The Balaban J connectivity index is 1.91. The molecule has 3 N–H and O–H groups in total. The van der Waals surface area contributed by atoms with Crippen LogP contribution < -0.4 is 11.3 Å². The Labute approximate surface area is 115 Å². The molecule has 5 heteroatoms. The number of nitrogens with one attached hydrogen (secondary N) is 1. The zero-order valence-electron chi connectivity index (χ0n) is 12.3. The summed E-state index contributed by atoms with van der Waals surface area (Å²) in [6.07, 6.45) is 7.69. The van der Waals surface area contributed by atoms with Crippen molar-refractivity contribution in [2.75, 3.05) is 0 Å². The molecule has 0 amide bonds. The Morgan fingerprint density at radius 2 is 1.95 bits per heavy atom. The monoisotopic (exact) mass is 265 g/mol. The number of hydrogen-bond acceptors (Lipinski definition) is 4. The highest BCUT2D eigenvalue weighted by Gasteiger charge is 2.29. The summed E-state index contributed by atoms with van der Waals surface area (Å²) in [4.78, 5) is 4.30. The standard InChI is InChI=1S/C14H27N5/c1-10(2)11-4-6-12(7-5-11)13(18-15)8-14-16-9-17-19(14)3/h9-13,18H,4-8,15H2,1-3H3. The maximum atomic E-state index is 5.76. The van der Waals surface area contributed by atoms with Gasteiger partial charge in [-0.3, -0.25) is 16.0 Å². The van der Waals surface area contributed by atoms with Crippen molar-refractivity contribution in [1.82, 2.24) is 20.2 Å². The van der Waals surface area contributed by atoms with E-state index < -0.39 is 0 Å². The molecule has 1 aliphatic rings. The average Bonchev–Trinajstić information content (AvgIpc) is 2.81. The molecule has 1 saturated carbocycles. The molecule has 108 valence electrons. The minimum absolute atomic E-state index is 0.316. The molecule has 1 aromatic heterocycles. The third-order valence-corrected chi connectivity index (χ3v) is 4.75. The fraction of sp³-hybridized carbons (Fsp3) is 0.857. The third kappa shape index (κ3) is 3.54. The van der Waals surface area contributed by atoms with Gasteiger partial charge in [-0.25, -0.2) is 4.98 Å². The first-order valence-corrected chi connectivity index (χ1v) is 7.40. The maximum Gasteiger partial charge on any atom is 0.138 e. The highest BCUT2D eigenvalue weighted by molar-refractivity contribution is 4.92. The van der Waals surface area contributed by atoms with Crippen LogP contribution in [0, 0.1) is 17.8 Å². The molecule has 0 radical (unpaired) electrons. The number of nitrogens with zero attached hydrogens (tertiary/aromatic N) is 3. The Hall–Kier alpha value is -0.940. The second-order valence-electron chi connectivity index (χ2n) is 6.20. The van der Waals surface area contributed by atoms with Crippen LogP contribution >= 0.6 is 0 Å². The quantitative estimate of drug-likeness (QED) is 0.627. The fourth-order valence-electron chi connectivity index (χ4n) is 3.28. The fourth-order valence-corrected chi connectivity index (χ4v) is 3.28. The molecule has 1 atom stereocenters. The van der Waals surface area contributed by atoms with Gasteiger partial charge in [0.25, 0.3) is 0 Å².